The Morgan fingerprint density at radius 2 is 2.29 bits per heavy atom. The number of hydrogen-bond acceptors (Lipinski definition) is 5. The van der Waals surface area contributed by atoms with Crippen LogP contribution in [0.5, 0.6) is 5.75 Å². The van der Waals surface area contributed by atoms with E-state index in [4.69, 9.17) is 9.47 Å². The molecule has 21 heavy (non-hydrogen) atoms. The molecule has 1 aromatic rings. The van der Waals surface area contributed by atoms with E-state index in [0.717, 1.165) is 30.7 Å². The maximum Gasteiger partial charge on any atom is 0.119 e. The molecule has 0 radical (unpaired) electrons. The summed E-state index contributed by atoms with van der Waals surface area (Å²) in [7, 11) is 1.64. The monoisotopic (exact) mass is 295 g/mol. The molecule has 1 heterocycles. The highest BCUT2D eigenvalue weighted by molar-refractivity contribution is 5.27. The van der Waals surface area contributed by atoms with Gasteiger partial charge in [0.2, 0.25) is 0 Å². The van der Waals surface area contributed by atoms with Crippen LogP contribution in [0.1, 0.15) is 18.4 Å². The topological polar surface area (TPSA) is 62.2 Å². The highest BCUT2D eigenvalue weighted by Crippen LogP contribution is 2.14. The summed E-state index contributed by atoms with van der Waals surface area (Å²) in [6, 6.07) is 7.70. The Labute approximate surface area is 126 Å². The molecule has 2 rings (SSSR count). The molecule has 1 aliphatic rings. The van der Waals surface area contributed by atoms with Gasteiger partial charge in [0.05, 0.1) is 32.5 Å². The Morgan fingerprint density at radius 3 is 3.05 bits per heavy atom. The minimum absolute atomic E-state index is 0.261. The Balaban J connectivity index is 1.67. The zero-order chi connectivity index (χ0) is 15.1. The third kappa shape index (κ3) is 5.63. The van der Waals surface area contributed by atoms with E-state index in [2.05, 4.69) is 4.90 Å². The van der Waals surface area contributed by atoms with Crippen molar-refractivity contribution in [3.8, 4) is 5.75 Å². The van der Waals surface area contributed by atoms with Gasteiger partial charge in [0.1, 0.15) is 5.75 Å². The number of ether oxygens (including phenoxy) is 2. The van der Waals surface area contributed by atoms with Gasteiger partial charge in [-0.1, -0.05) is 12.1 Å². The molecule has 0 saturated carbocycles. The number of aliphatic hydroxyl groups excluding tert-OH is 2. The number of piperidine rings is 1. The predicted molar refractivity (Wildman–Crippen MR) is 80.3 cm³/mol. The molecular weight excluding hydrogens is 270 g/mol. The summed E-state index contributed by atoms with van der Waals surface area (Å²) in [5.41, 5.74) is 1.02. The third-order valence-corrected chi connectivity index (χ3v) is 3.66. The molecule has 0 amide bonds. The van der Waals surface area contributed by atoms with Crippen molar-refractivity contribution in [2.75, 3.05) is 33.4 Å². The van der Waals surface area contributed by atoms with E-state index in [1.54, 1.807) is 7.11 Å². The van der Waals surface area contributed by atoms with Crippen molar-refractivity contribution in [2.45, 2.75) is 31.7 Å². The Bertz CT molecular complexity index is 426. The minimum atomic E-state index is -0.527. The third-order valence-electron chi connectivity index (χ3n) is 3.66. The molecule has 0 aliphatic carbocycles. The molecule has 0 spiro atoms. The van der Waals surface area contributed by atoms with Crippen LogP contribution in [0.2, 0.25) is 0 Å². The van der Waals surface area contributed by atoms with Gasteiger partial charge < -0.3 is 19.7 Å². The Morgan fingerprint density at radius 1 is 1.43 bits per heavy atom. The lowest BCUT2D eigenvalue weighted by molar-refractivity contribution is -0.00736. The smallest absolute Gasteiger partial charge is 0.119 e. The summed E-state index contributed by atoms with van der Waals surface area (Å²) in [4.78, 5) is 2.09. The highest BCUT2D eigenvalue weighted by atomic mass is 16.5. The average molecular weight is 295 g/mol. The summed E-state index contributed by atoms with van der Waals surface area (Å²) in [5.74, 6) is 0.805. The van der Waals surface area contributed by atoms with E-state index in [1.165, 1.54) is 0 Å². The first-order valence-corrected chi connectivity index (χ1v) is 7.46. The normalized spacial score (nSPS) is 21.2. The molecule has 0 bridgehead atoms. The van der Waals surface area contributed by atoms with Crippen LogP contribution in [0.25, 0.3) is 0 Å². The number of aliphatic hydroxyl groups is 2. The van der Waals surface area contributed by atoms with Gasteiger partial charge >= 0.3 is 0 Å². The summed E-state index contributed by atoms with van der Waals surface area (Å²) in [6.07, 6.45) is 1.06. The van der Waals surface area contributed by atoms with E-state index in [-0.39, 0.29) is 6.10 Å². The van der Waals surface area contributed by atoms with E-state index in [9.17, 15) is 10.2 Å². The number of rotatable bonds is 7. The lowest BCUT2D eigenvalue weighted by Crippen LogP contribution is -2.43. The maximum atomic E-state index is 9.99. The van der Waals surface area contributed by atoms with Gasteiger partial charge in [-0.05, 0) is 37.1 Å². The first-order valence-electron chi connectivity index (χ1n) is 7.46. The van der Waals surface area contributed by atoms with Crippen LogP contribution in [0.15, 0.2) is 24.3 Å². The van der Waals surface area contributed by atoms with Crippen molar-refractivity contribution in [2.24, 2.45) is 0 Å². The van der Waals surface area contributed by atoms with E-state index in [0.29, 0.717) is 26.3 Å². The fourth-order valence-electron chi connectivity index (χ4n) is 2.62. The largest absolute Gasteiger partial charge is 0.497 e. The SMILES string of the molecule is COc1cccc(COC[C@H](O)CN2CCC[C@H](O)C2)c1. The van der Waals surface area contributed by atoms with Crippen LogP contribution >= 0.6 is 0 Å². The molecule has 1 aromatic carbocycles. The Hall–Kier alpha value is -1.14. The average Bonchev–Trinajstić information content (AvgIpc) is 2.47. The second kappa shape index (κ2) is 8.34. The van der Waals surface area contributed by atoms with Crippen molar-refractivity contribution < 1.29 is 19.7 Å². The van der Waals surface area contributed by atoms with Crippen molar-refractivity contribution in [1.29, 1.82) is 0 Å². The first kappa shape index (κ1) is 16.2. The summed E-state index contributed by atoms with van der Waals surface area (Å²) >= 11 is 0. The number of likely N-dealkylation sites (tertiary alicyclic amines) is 1. The second-order valence-corrected chi connectivity index (χ2v) is 5.58. The van der Waals surface area contributed by atoms with Crippen molar-refractivity contribution in [3.63, 3.8) is 0 Å². The molecule has 1 saturated heterocycles. The predicted octanol–water partition coefficient (Wildman–Crippen LogP) is 1.03. The van der Waals surface area contributed by atoms with Crippen LogP contribution in [-0.2, 0) is 11.3 Å². The van der Waals surface area contributed by atoms with Gasteiger partial charge in [-0.25, -0.2) is 0 Å². The molecule has 5 heteroatoms. The van der Waals surface area contributed by atoms with Gasteiger partial charge in [0, 0.05) is 13.1 Å². The minimum Gasteiger partial charge on any atom is -0.497 e. The van der Waals surface area contributed by atoms with E-state index >= 15 is 0 Å². The standard InChI is InChI=1S/C16H25NO4/c1-20-16-6-2-4-13(8-16)11-21-12-15(19)10-17-7-3-5-14(18)9-17/h2,4,6,8,14-15,18-19H,3,5,7,9-12H2,1H3/t14-,15+/m0/s1. The molecule has 1 aliphatic heterocycles. The summed E-state index contributed by atoms with van der Waals surface area (Å²) < 4.78 is 10.7. The molecule has 1 fully saturated rings. The highest BCUT2D eigenvalue weighted by Gasteiger charge is 2.19. The molecular formula is C16H25NO4. The van der Waals surface area contributed by atoms with E-state index < -0.39 is 6.10 Å². The summed E-state index contributed by atoms with van der Waals surface area (Å²) in [5, 5.41) is 19.6. The number of methoxy groups -OCH3 is 1. The van der Waals surface area contributed by atoms with Gasteiger partial charge in [0.25, 0.3) is 0 Å². The fourth-order valence-corrected chi connectivity index (χ4v) is 2.62. The Kier molecular flexibility index (Phi) is 6.45. The van der Waals surface area contributed by atoms with Crippen LogP contribution in [0.4, 0.5) is 0 Å². The van der Waals surface area contributed by atoms with Crippen LogP contribution < -0.4 is 4.74 Å². The van der Waals surface area contributed by atoms with Crippen LogP contribution in [0, 0.1) is 0 Å². The second-order valence-electron chi connectivity index (χ2n) is 5.58. The number of benzene rings is 1. The number of β-amino-alcohol motifs (C(OH)–C–C–N with tert-alkyl or cyclic N) is 2. The van der Waals surface area contributed by atoms with Gasteiger partial charge in [-0.2, -0.15) is 0 Å². The molecule has 118 valence electrons. The maximum absolute atomic E-state index is 9.99. The number of nitrogens with zero attached hydrogens (tertiary/aromatic N) is 1. The summed E-state index contributed by atoms with van der Waals surface area (Å²) in [6.45, 7) is 2.88. The van der Waals surface area contributed by atoms with Gasteiger partial charge in [-0.3, -0.25) is 4.90 Å². The first-order chi connectivity index (χ1) is 10.2. The van der Waals surface area contributed by atoms with Crippen molar-refractivity contribution >= 4 is 0 Å². The van der Waals surface area contributed by atoms with Crippen LogP contribution in [0.3, 0.4) is 0 Å². The molecule has 5 nitrogen and oxygen atoms in total. The zero-order valence-electron chi connectivity index (χ0n) is 12.6. The van der Waals surface area contributed by atoms with Gasteiger partial charge in [0.15, 0.2) is 0 Å². The molecule has 2 N–H and O–H groups in total. The number of hydrogen-bond donors (Lipinski definition) is 2. The molecule has 0 unspecified atom stereocenters. The van der Waals surface area contributed by atoms with Crippen molar-refractivity contribution in [1.82, 2.24) is 4.90 Å². The molecule has 2 atom stereocenters. The lowest BCUT2D eigenvalue weighted by Gasteiger charge is -2.31. The van der Waals surface area contributed by atoms with Crippen LogP contribution in [-0.4, -0.2) is 60.7 Å². The van der Waals surface area contributed by atoms with E-state index in [1.807, 2.05) is 24.3 Å². The quantitative estimate of drug-likeness (QED) is 0.787. The fraction of sp³-hybridized carbons (Fsp3) is 0.625. The zero-order valence-corrected chi connectivity index (χ0v) is 12.6. The molecule has 0 aromatic heterocycles. The lowest BCUT2D eigenvalue weighted by atomic mass is 10.1. The van der Waals surface area contributed by atoms with Crippen molar-refractivity contribution in [3.05, 3.63) is 29.8 Å². The van der Waals surface area contributed by atoms with Gasteiger partial charge in [-0.15, -0.1) is 0 Å².